The number of aromatic nitrogens is 1. The molecule has 0 aromatic carbocycles. The minimum absolute atomic E-state index is 0.563. The zero-order chi connectivity index (χ0) is 14.6. The van der Waals surface area contributed by atoms with Gasteiger partial charge in [-0.15, -0.1) is 0 Å². The Hall–Kier alpha value is -1.34. The van der Waals surface area contributed by atoms with E-state index in [1.165, 1.54) is 6.07 Å². The van der Waals surface area contributed by atoms with Crippen LogP contribution in [0.15, 0.2) is 18.3 Å². The Kier molecular flexibility index (Phi) is 4.82. The highest BCUT2D eigenvalue weighted by molar-refractivity contribution is 5.38. The van der Waals surface area contributed by atoms with Crippen molar-refractivity contribution in [2.75, 3.05) is 51.2 Å². The lowest BCUT2D eigenvalue weighted by molar-refractivity contribution is -0.137. The van der Waals surface area contributed by atoms with Crippen molar-refractivity contribution in [3.63, 3.8) is 0 Å². The van der Waals surface area contributed by atoms with Crippen molar-refractivity contribution < 1.29 is 13.2 Å². The SMILES string of the molecule is CN(CCN1CCNCC1)c1ccc(C(F)(F)F)cn1. The third-order valence-electron chi connectivity index (χ3n) is 3.43. The van der Waals surface area contributed by atoms with Crippen molar-refractivity contribution >= 4 is 5.82 Å². The van der Waals surface area contributed by atoms with Crippen LogP contribution in [-0.2, 0) is 6.18 Å². The van der Waals surface area contributed by atoms with Gasteiger partial charge in [-0.25, -0.2) is 4.98 Å². The van der Waals surface area contributed by atoms with E-state index in [1.54, 1.807) is 0 Å². The first-order chi connectivity index (χ1) is 9.47. The van der Waals surface area contributed by atoms with Crippen molar-refractivity contribution in [1.29, 1.82) is 0 Å². The molecule has 0 spiro atoms. The van der Waals surface area contributed by atoms with E-state index in [1.807, 2.05) is 11.9 Å². The number of piperazine rings is 1. The Morgan fingerprint density at radius 3 is 2.55 bits per heavy atom. The molecule has 2 rings (SSSR count). The summed E-state index contributed by atoms with van der Waals surface area (Å²) in [4.78, 5) is 8.09. The van der Waals surface area contributed by atoms with Crippen molar-refractivity contribution in [2.45, 2.75) is 6.18 Å². The van der Waals surface area contributed by atoms with E-state index >= 15 is 0 Å². The molecule has 1 N–H and O–H groups in total. The fraction of sp³-hybridized carbons (Fsp3) is 0.615. The summed E-state index contributed by atoms with van der Waals surface area (Å²) in [6.45, 7) is 5.63. The van der Waals surface area contributed by atoms with Crippen LogP contribution < -0.4 is 10.2 Å². The quantitative estimate of drug-likeness (QED) is 0.908. The predicted molar refractivity (Wildman–Crippen MR) is 71.8 cm³/mol. The number of pyridine rings is 1. The maximum absolute atomic E-state index is 12.4. The number of rotatable bonds is 4. The molecule has 2 heterocycles. The number of nitrogens with zero attached hydrogens (tertiary/aromatic N) is 3. The van der Waals surface area contributed by atoms with Gasteiger partial charge in [0.15, 0.2) is 0 Å². The van der Waals surface area contributed by atoms with Gasteiger partial charge in [0, 0.05) is 52.5 Å². The first kappa shape index (κ1) is 15.1. The van der Waals surface area contributed by atoms with E-state index in [9.17, 15) is 13.2 Å². The second-order valence-corrected chi connectivity index (χ2v) is 4.92. The molecule has 1 aliphatic rings. The molecule has 0 radical (unpaired) electrons. The number of likely N-dealkylation sites (N-methyl/N-ethyl adjacent to an activating group) is 1. The van der Waals surface area contributed by atoms with Crippen LogP contribution in [0.25, 0.3) is 0 Å². The smallest absolute Gasteiger partial charge is 0.358 e. The van der Waals surface area contributed by atoms with Gasteiger partial charge in [-0.05, 0) is 12.1 Å². The molecule has 20 heavy (non-hydrogen) atoms. The molecular formula is C13H19F3N4. The normalized spacial score (nSPS) is 17.2. The van der Waals surface area contributed by atoms with E-state index in [0.717, 1.165) is 51.5 Å². The highest BCUT2D eigenvalue weighted by atomic mass is 19.4. The van der Waals surface area contributed by atoms with Gasteiger partial charge in [0.05, 0.1) is 5.56 Å². The topological polar surface area (TPSA) is 31.4 Å². The summed E-state index contributed by atoms with van der Waals surface area (Å²) in [7, 11) is 1.85. The first-order valence-corrected chi connectivity index (χ1v) is 6.64. The summed E-state index contributed by atoms with van der Waals surface area (Å²) in [5, 5.41) is 3.28. The van der Waals surface area contributed by atoms with Gasteiger partial charge in [0.1, 0.15) is 5.82 Å². The van der Waals surface area contributed by atoms with Crippen molar-refractivity contribution in [2.24, 2.45) is 0 Å². The molecule has 1 aromatic rings. The van der Waals surface area contributed by atoms with Gasteiger partial charge >= 0.3 is 6.18 Å². The Morgan fingerprint density at radius 1 is 1.30 bits per heavy atom. The Bertz CT molecular complexity index is 413. The zero-order valence-corrected chi connectivity index (χ0v) is 11.5. The van der Waals surface area contributed by atoms with Crippen LogP contribution in [0.2, 0.25) is 0 Å². The van der Waals surface area contributed by atoms with Crippen LogP contribution in [0.1, 0.15) is 5.56 Å². The molecule has 1 aliphatic heterocycles. The predicted octanol–water partition coefficient (Wildman–Crippen LogP) is 1.44. The molecule has 0 aliphatic carbocycles. The van der Waals surface area contributed by atoms with E-state index < -0.39 is 11.7 Å². The Morgan fingerprint density at radius 2 is 2.00 bits per heavy atom. The molecule has 1 aromatic heterocycles. The summed E-state index contributed by atoms with van der Waals surface area (Å²) in [5.74, 6) is 0.563. The highest BCUT2D eigenvalue weighted by Crippen LogP contribution is 2.29. The largest absolute Gasteiger partial charge is 0.417 e. The fourth-order valence-corrected chi connectivity index (χ4v) is 2.12. The van der Waals surface area contributed by atoms with E-state index in [4.69, 9.17) is 0 Å². The van der Waals surface area contributed by atoms with Crippen molar-refractivity contribution in [3.8, 4) is 0 Å². The molecular weight excluding hydrogens is 269 g/mol. The molecule has 1 saturated heterocycles. The first-order valence-electron chi connectivity index (χ1n) is 6.64. The summed E-state index contributed by atoms with van der Waals surface area (Å²) in [5.41, 5.74) is -0.711. The lowest BCUT2D eigenvalue weighted by atomic mass is 10.2. The standard InChI is InChI=1S/C13H19F3N4/c1-19(8-9-20-6-4-17-5-7-20)12-3-2-11(10-18-12)13(14,15)16/h2-3,10,17H,4-9H2,1H3. The van der Waals surface area contributed by atoms with Crippen LogP contribution in [0, 0.1) is 0 Å². The third-order valence-corrected chi connectivity index (χ3v) is 3.43. The maximum atomic E-state index is 12.4. The van der Waals surface area contributed by atoms with Gasteiger partial charge < -0.3 is 10.2 Å². The van der Waals surface area contributed by atoms with Gasteiger partial charge in [0.25, 0.3) is 0 Å². The number of halogens is 3. The lowest BCUT2D eigenvalue weighted by Gasteiger charge is -2.29. The lowest BCUT2D eigenvalue weighted by Crippen LogP contribution is -2.46. The zero-order valence-electron chi connectivity index (χ0n) is 11.5. The monoisotopic (exact) mass is 288 g/mol. The van der Waals surface area contributed by atoms with Gasteiger partial charge in [0.2, 0.25) is 0 Å². The van der Waals surface area contributed by atoms with Crippen LogP contribution >= 0.6 is 0 Å². The minimum atomic E-state index is -4.33. The maximum Gasteiger partial charge on any atom is 0.417 e. The summed E-state index contributed by atoms with van der Waals surface area (Å²) in [6.07, 6.45) is -3.44. The van der Waals surface area contributed by atoms with Crippen LogP contribution in [0.3, 0.4) is 0 Å². The van der Waals surface area contributed by atoms with E-state index in [0.29, 0.717) is 5.82 Å². The molecule has 0 bridgehead atoms. The molecule has 112 valence electrons. The molecule has 0 amide bonds. The van der Waals surface area contributed by atoms with E-state index in [2.05, 4.69) is 15.2 Å². The second kappa shape index (κ2) is 6.41. The van der Waals surface area contributed by atoms with Crippen LogP contribution in [-0.4, -0.2) is 56.2 Å². The van der Waals surface area contributed by atoms with E-state index in [-0.39, 0.29) is 0 Å². The molecule has 4 nitrogen and oxygen atoms in total. The van der Waals surface area contributed by atoms with Crippen LogP contribution in [0.5, 0.6) is 0 Å². The molecule has 0 atom stereocenters. The highest BCUT2D eigenvalue weighted by Gasteiger charge is 2.30. The number of hydrogen-bond donors (Lipinski definition) is 1. The summed E-state index contributed by atoms with van der Waals surface area (Å²) in [6, 6.07) is 2.49. The molecule has 0 saturated carbocycles. The van der Waals surface area contributed by atoms with Crippen LogP contribution in [0.4, 0.5) is 19.0 Å². The van der Waals surface area contributed by atoms with Crippen molar-refractivity contribution in [3.05, 3.63) is 23.9 Å². The van der Waals surface area contributed by atoms with Gasteiger partial charge in [-0.1, -0.05) is 0 Å². The van der Waals surface area contributed by atoms with Crippen molar-refractivity contribution in [1.82, 2.24) is 15.2 Å². The Labute approximate surface area is 116 Å². The number of hydrogen-bond acceptors (Lipinski definition) is 4. The number of anilines is 1. The summed E-state index contributed by atoms with van der Waals surface area (Å²) < 4.78 is 37.3. The fourth-order valence-electron chi connectivity index (χ4n) is 2.12. The minimum Gasteiger partial charge on any atom is -0.358 e. The molecule has 7 heteroatoms. The number of alkyl halides is 3. The third kappa shape index (κ3) is 4.08. The Balaban J connectivity index is 1.87. The van der Waals surface area contributed by atoms with Gasteiger partial charge in [-0.3, -0.25) is 4.90 Å². The average molecular weight is 288 g/mol. The second-order valence-electron chi connectivity index (χ2n) is 4.92. The number of nitrogens with one attached hydrogen (secondary N) is 1. The average Bonchev–Trinajstić information content (AvgIpc) is 2.45. The molecule has 1 fully saturated rings. The molecule has 0 unspecified atom stereocenters. The summed E-state index contributed by atoms with van der Waals surface area (Å²) >= 11 is 0. The van der Waals surface area contributed by atoms with Gasteiger partial charge in [-0.2, -0.15) is 13.2 Å².